The van der Waals surface area contributed by atoms with E-state index in [0.29, 0.717) is 11.6 Å². The Balaban J connectivity index is 1.55. The number of carbonyl (C=O) groups is 1. The van der Waals surface area contributed by atoms with Crippen molar-refractivity contribution in [2.24, 2.45) is 0 Å². The van der Waals surface area contributed by atoms with Crippen LogP contribution in [0.3, 0.4) is 0 Å². The molecule has 1 aromatic carbocycles. The van der Waals surface area contributed by atoms with Crippen molar-refractivity contribution in [1.29, 1.82) is 0 Å². The van der Waals surface area contributed by atoms with Crippen LogP contribution in [-0.4, -0.2) is 26.9 Å². The Morgan fingerprint density at radius 1 is 1.04 bits per heavy atom. The molecule has 2 heterocycles. The molecule has 1 saturated carbocycles. The second-order valence-electron chi connectivity index (χ2n) is 7.39. The Labute approximate surface area is 164 Å². The third-order valence-electron chi connectivity index (χ3n) is 5.16. The average molecular weight is 375 g/mol. The summed E-state index contributed by atoms with van der Waals surface area (Å²) >= 11 is 0. The van der Waals surface area contributed by atoms with Gasteiger partial charge in [0.05, 0.1) is 11.2 Å². The maximum atomic E-state index is 12.8. The highest BCUT2D eigenvalue weighted by Crippen LogP contribution is 2.23. The molecule has 0 unspecified atom stereocenters. The zero-order valence-corrected chi connectivity index (χ0v) is 16.1. The summed E-state index contributed by atoms with van der Waals surface area (Å²) in [5.74, 6) is 0.278. The van der Waals surface area contributed by atoms with Crippen LogP contribution in [0.25, 0.3) is 10.9 Å². The number of aromatic nitrogens is 3. The highest BCUT2D eigenvalue weighted by Gasteiger charge is 2.18. The molecule has 1 aliphatic rings. The number of nitrogens with one attached hydrogen (secondary N) is 2. The van der Waals surface area contributed by atoms with Gasteiger partial charge in [-0.15, -0.1) is 0 Å². The van der Waals surface area contributed by atoms with E-state index in [1.807, 2.05) is 37.3 Å². The van der Waals surface area contributed by atoms with Crippen LogP contribution in [0.2, 0.25) is 0 Å². The molecular formula is C22H25N5O. The van der Waals surface area contributed by atoms with Crippen LogP contribution in [0.15, 0.2) is 42.6 Å². The van der Waals surface area contributed by atoms with Gasteiger partial charge in [-0.1, -0.05) is 43.9 Å². The van der Waals surface area contributed by atoms with E-state index in [9.17, 15) is 4.79 Å². The quantitative estimate of drug-likeness (QED) is 0.655. The van der Waals surface area contributed by atoms with Gasteiger partial charge in [-0.2, -0.15) is 0 Å². The zero-order valence-electron chi connectivity index (χ0n) is 16.1. The van der Waals surface area contributed by atoms with Crippen molar-refractivity contribution in [1.82, 2.24) is 20.3 Å². The van der Waals surface area contributed by atoms with Gasteiger partial charge in [-0.05, 0) is 38.0 Å². The number of anilines is 2. The van der Waals surface area contributed by atoms with Crippen LogP contribution in [-0.2, 0) is 0 Å². The number of amides is 1. The van der Waals surface area contributed by atoms with Gasteiger partial charge in [0.1, 0.15) is 5.69 Å². The van der Waals surface area contributed by atoms with Crippen molar-refractivity contribution in [3.63, 3.8) is 0 Å². The van der Waals surface area contributed by atoms with E-state index < -0.39 is 0 Å². The minimum Gasteiger partial charge on any atom is -0.348 e. The number of carbonyl (C=O) groups excluding carboxylic acids is 1. The van der Waals surface area contributed by atoms with Gasteiger partial charge >= 0.3 is 0 Å². The van der Waals surface area contributed by atoms with Crippen LogP contribution in [0.5, 0.6) is 0 Å². The summed E-state index contributed by atoms with van der Waals surface area (Å²) < 4.78 is 0. The number of hydrogen-bond donors (Lipinski definition) is 2. The number of rotatable bonds is 4. The van der Waals surface area contributed by atoms with Crippen molar-refractivity contribution >= 4 is 28.4 Å². The molecule has 0 saturated heterocycles. The predicted octanol–water partition coefficient (Wildman–Crippen LogP) is 4.53. The number of nitrogens with zero attached hydrogens (tertiary/aromatic N) is 3. The lowest BCUT2D eigenvalue weighted by Gasteiger charge is -2.16. The van der Waals surface area contributed by atoms with Gasteiger partial charge in [0.15, 0.2) is 0 Å². The third kappa shape index (κ3) is 4.27. The van der Waals surface area contributed by atoms with E-state index in [1.54, 1.807) is 12.3 Å². The summed E-state index contributed by atoms with van der Waals surface area (Å²) in [4.78, 5) is 26.1. The van der Waals surface area contributed by atoms with Gasteiger partial charge < -0.3 is 10.6 Å². The highest BCUT2D eigenvalue weighted by atomic mass is 16.1. The zero-order chi connectivity index (χ0) is 19.3. The molecule has 1 amide bonds. The molecule has 0 radical (unpaired) electrons. The maximum Gasteiger partial charge on any atom is 0.270 e. The largest absolute Gasteiger partial charge is 0.348 e. The number of aryl methyl sites for hydroxylation is 1. The molecule has 28 heavy (non-hydrogen) atoms. The lowest BCUT2D eigenvalue weighted by atomic mass is 10.1. The molecule has 144 valence electrons. The molecule has 6 nitrogen and oxygen atoms in total. The predicted molar refractivity (Wildman–Crippen MR) is 111 cm³/mol. The highest BCUT2D eigenvalue weighted by molar-refractivity contribution is 5.94. The molecule has 0 spiro atoms. The van der Waals surface area contributed by atoms with Crippen molar-refractivity contribution in [3.05, 3.63) is 54.0 Å². The second-order valence-corrected chi connectivity index (χ2v) is 7.39. The monoisotopic (exact) mass is 375 g/mol. The van der Waals surface area contributed by atoms with Crippen LogP contribution in [0.1, 0.15) is 54.7 Å². The fraction of sp³-hybridized carbons (Fsp3) is 0.364. The Bertz CT molecular complexity index is 974. The molecule has 6 heteroatoms. The summed E-state index contributed by atoms with van der Waals surface area (Å²) in [5, 5.41) is 7.42. The van der Waals surface area contributed by atoms with Gasteiger partial charge in [-0.25, -0.2) is 9.97 Å². The summed E-state index contributed by atoms with van der Waals surface area (Å²) in [5.41, 5.74) is 2.81. The first-order valence-corrected chi connectivity index (χ1v) is 9.96. The number of hydrogen-bond acceptors (Lipinski definition) is 5. The first-order chi connectivity index (χ1) is 13.7. The molecule has 2 aromatic heterocycles. The molecule has 3 aromatic rings. The second kappa shape index (κ2) is 8.33. The molecule has 4 rings (SSSR count). The van der Waals surface area contributed by atoms with Crippen molar-refractivity contribution in [3.8, 4) is 0 Å². The molecule has 1 aliphatic carbocycles. The summed E-state index contributed by atoms with van der Waals surface area (Å²) in [6, 6.07) is 11.8. The summed E-state index contributed by atoms with van der Waals surface area (Å²) in [6.45, 7) is 1.87. The third-order valence-corrected chi connectivity index (χ3v) is 5.16. The van der Waals surface area contributed by atoms with Crippen molar-refractivity contribution < 1.29 is 4.79 Å². The molecule has 0 atom stereocenters. The van der Waals surface area contributed by atoms with Crippen LogP contribution < -0.4 is 10.6 Å². The first-order valence-electron chi connectivity index (χ1n) is 9.96. The number of para-hydroxylation sites is 1. The summed E-state index contributed by atoms with van der Waals surface area (Å²) in [6.07, 6.45) is 8.71. The Kier molecular flexibility index (Phi) is 5.46. The van der Waals surface area contributed by atoms with E-state index in [1.165, 1.54) is 25.7 Å². The smallest absolute Gasteiger partial charge is 0.270 e. The first kappa shape index (κ1) is 18.3. The van der Waals surface area contributed by atoms with Crippen molar-refractivity contribution in [2.45, 2.75) is 51.5 Å². The fourth-order valence-corrected chi connectivity index (χ4v) is 3.75. The van der Waals surface area contributed by atoms with Gasteiger partial charge in [0.25, 0.3) is 5.91 Å². The number of benzene rings is 1. The van der Waals surface area contributed by atoms with E-state index in [4.69, 9.17) is 0 Å². The fourth-order valence-electron chi connectivity index (χ4n) is 3.75. The van der Waals surface area contributed by atoms with E-state index in [0.717, 1.165) is 35.1 Å². The Hall–Kier alpha value is -3.02. The van der Waals surface area contributed by atoms with Gasteiger partial charge in [0, 0.05) is 23.3 Å². The molecule has 0 aliphatic heterocycles. The van der Waals surface area contributed by atoms with Crippen LogP contribution in [0.4, 0.5) is 11.6 Å². The van der Waals surface area contributed by atoms with Crippen LogP contribution >= 0.6 is 0 Å². The lowest BCUT2D eigenvalue weighted by Crippen LogP contribution is -2.35. The SMILES string of the molecule is Cc1cc(C(=O)NC2CCCCCC2)nc(Nc2cccc3cccnc23)n1. The molecule has 1 fully saturated rings. The average Bonchev–Trinajstić information content (AvgIpc) is 2.96. The molecular weight excluding hydrogens is 350 g/mol. The van der Waals surface area contributed by atoms with E-state index in [-0.39, 0.29) is 11.9 Å². The topological polar surface area (TPSA) is 79.8 Å². The maximum absolute atomic E-state index is 12.8. The normalized spacial score (nSPS) is 15.2. The minimum absolute atomic E-state index is 0.128. The van der Waals surface area contributed by atoms with E-state index in [2.05, 4.69) is 25.6 Å². The molecule has 0 bridgehead atoms. The molecule has 2 N–H and O–H groups in total. The van der Waals surface area contributed by atoms with Crippen LogP contribution in [0, 0.1) is 6.92 Å². The van der Waals surface area contributed by atoms with Crippen molar-refractivity contribution in [2.75, 3.05) is 5.32 Å². The standard InChI is InChI=1S/C22H25N5O/c1-15-14-19(21(28)25-17-10-4-2-3-5-11-17)27-22(24-15)26-18-12-6-8-16-9-7-13-23-20(16)18/h6-9,12-14,17H,2-5,10-11H2,1H3,(H,25,28)(H,24,26,27). The van der Waals surface area contributed by atoms with Gasteiger partial charge in [0.2, 0.25) is 5.95 Å². The Morgan fingerprint density at radius 2 is 1.82 bits per heavy atom. The Morgan fingerprint density at radius 3 is 2.64 bits per heavy atom. The number of fused-ring (bicyclic) bond motifs is 1. The van der Waals surface area contributed by atoms with E-state index >= 15 is 0 Å². The lowest BCUT2D eigenvalue weighted by molar-refractivity contribution is 0.0928. The van der Waals surface area contributed by atoms with Gasteiger partial charge in [-0.3, -0.25) is 9.78 Å². The summed E-state index contributed by atoms with van der Waals surface area (Å²) in [7, 11) is 0. The minimum atomic E-state index is -0.128. The number of pyridine rings is 1.